The Hall–Kier alpha value is -2.12. The molecule has 0 bridgehead atoms. The number of ether oxygens (including phenoxy) is 1. The average Bonchev–Trinajstić information content (AvgIpc) is 2.66. The molecule has 0 aliphatic carbocycles. The Morgan fingerprint density at radius 1 is 1.22 bits per heavy atom. The summed E-state index contributed by atoms with van der Waals surface area (Å²) in [6, 6.07) is 9.29. The molecule has 1 saturated heterocycles. The number of carboxylic acids is 1. The van der Waals surface area contributed by atoms with Gasteiger partial charge in [-0.25, -0.2) is 4.79 Å². The molecule has 150 valence electrons. The van der Waals surface area contributed by atoms with Crippen molar-refractivity contribution in [2.45, 2.75) is 44.7 Å². The maximum atomic E-state index is 12.4. The van der Waals surface area contributed by atoms with Crippen molar-refractivity contribution < 1.29 is 19.4 Å². The number of amides is 2. The minimum absolute atomic E-state index is 0.0249. The molecular formula is C20H31N3O4. The van der Waals surface area contributed by atoms with E-state index in [0.29, 0.717) is 32.6 Å². The van der Waals surface area contributed by atoms with Gasteiger partial charge in [0.2, 0.25) is 0 Å². The van der Waals surface area contributed by atoms with Crippen molar-refractivity contribution in [3.63, 3.8) is 0 Å². The van der Waals surface area contributed by atoms with Crippen molar-refractivity contribution in [3.8, 4) is 0 Å². The Morgan fingerprint density at radius 2 is 1.89 bits per heavy atom. The number of carbonyl (C=O) groups excluding carboxylic acids is 1. The Kier molecular flexibility index (Phi) is 8.06. The van der Waals surface area contributed by atoms with Crippen molar-refractivity contribution in [2.24, 2.45) is 0 Å². The highest BCUT2D eigenvalue weighted by atomic mass is 16.5. The normalized spacial score (nSPS) is 16.5. The van der Waals surface area contributed by atoms with E-state index in [1.165, 1.54) is 0 Å². The fourth-order valence-electron chi connectivity index (χ4n) is 3.24. The van der Waals surface area contributed by atoms with E-state index in [-0.39, 0.29) is 24.0 Å². The minimum Gasteiger partial charge on any atom is -0.481 e. The molecule has 1 fully saturated rings. The number of rotatable bonds is 9. The zero-order valence-corrected chi connectivity index (χ0v) is 16.2. The van der Waals surface area contributed by atoms with Crippen molar-refractivity contribution >= 4 is 12.0 Å². The van der Waals surface area contributed by atoms with Crippen LogP contribution in [0.1, 0.15) is 32.3 Å². The molecular weight excluding hydrogens is 346 g/mol. The summed E-state index contributed by atoms with van der Waals surface area (Å²) in [6.07, 6.45) is 1.02. The minimum atomic E-state index is -0.858. The van der Waals surface area contributed by atoms with Crippen LogP contribution in [-0.4, -0.2) is 66.4 Å². The van der Waals surface area contributed by atoms with E-state index in [2.05, 4.69) is 29.4 Å². The summed E-state index contributed by atoms with van der Waals surface area (Å²) < 4.78 is 5.39. The van der Waals surface area contributed by atoms with Gasteiger partial charge in [0.25, 0.3) is 0 Å². The predicted molar refractivity (Wildman–Crippen MR) is 104 cm³/mol. The lowest BCUT2D eigenvalue weighted by Crippen LogP contribution is -2.57. The van der Waals surface area contributed by atoms with E-state index in [1.54, 1.807) is 0 Å². The fourth-order valence-corrected chi connectivity index (χ4v) is 3.24. The topological polar surface area (TPSA) is 90.9 Å². The second-order valence-electron chi connectivity index (χ2n) is 7.56. The largest absolute Gasteiger partial charge is 0.481 e. The Morgan fingerprint density at radius 3 is 2.52 bits per heavy atom. The van der Waals surface area contributed by atoms with Crippen LogP contribution in [0, 0.1) is 0 Å². The highest BCUT2D eigenvalue weighted by molar-refractivity contribution is 5.74. The van der Waals surface area contributed by atoms with E-state index >= 15 is 0 Å². The van der Waals surface area contributed by atoms with Gasteiger partial charge in [0.05, 0.1) is 13.2 Å². The Balaban J connectivity index is 1.86. The van der Waals surface area contributed by atoms with Crippen LogP contribution in [-0.2, 0) is 16.0 Å². The van der Waals surface area contributed by atoms with E-state index in [1.807, 2.05) is 30.3 Å². The predicted octanol–water partition coefficient (Wildman–Crippen LogP) is 1.87. The van der Waals surface area contributed by atoms with E-state index in [4.69, 9.17) is 9.84 Å². The first-order valence-corrected chi connectivity index (χ1v) is 9.50. The number of morpholine rings is 1. The SMILES string of the molecule is CC(C)(CNC(=O)NC(CCC(=O)O)Cc1ccccc1)N1CCOCC1. The number of nitrogens with zero attached hydrogens (tertiary/aromatic N) is 1. The molecule has 1 aliphatic heterocycles. The van der Waals surface area contributed by atoms with Crippen molar-refractivity contribution in [1.29, 1.82) is 0 Å². The molecule has 7 nitrogen and oxygen atoms in total. The molecule has 1 aliphatic rings. The molecule has 27 heavy (non-hydrogen) atoms. The smallest absolute Gasteiger partial charge is 0.315 e. The number of benzene rings is 1. The van der Waals surface area contributed by atoms with Gasteiger partial charge in [0.1, 0.15) is 0 Å². The first kappa shape index (κ1) is 21.2. The molecule has 0 aromatic heterocycles. The van der Waals surface area contributed by atoms with Gasteiger partial charge < -0.3 is 20.5 Å². The average molecular weight is 377 g/mol. The summed E-state index contributed by atoms with van der Waals surface area (Å²) in [6.45, 7) is 7.84. The molecule has 1 atom stereocenters. The highest BCUT2D eigenvalue weighted by Gasteiger charge is 2.28. The van der Waals surface area contributed by atoms with E-state index in [0.717, 1.165) is 18.7 Å². The van der Waals surface area contributed by atoms with Crippen molar-refractivity contribution in [2.75, 3.05) is 32.8 Å². The zero-order chi connectivity index (χ0) is 19.7. The molecule has 1 heterocycles. The molecule has 7 heteroatoms. The zero-order valence-electron chi connectivity index (χ0n) is 16.2. The van der Waals surface area contributed by atoms with Gasteiger partial charge in [-0.2, -0.15) is 0 Å². The summed E-state index contributed by atoms with van der Waals surface area (Å²) in [5.74, 6) is -0.858. The summed E-state index contributed by atoms with van der Waals surface area (Å²) in [5, 5.41) is 14.9. The Labute approximate surface area is 161 Å². The Bertz CT molecular complexity index is 601. The van der Waals surface area contributed by atoms with Gasteiger partial charge in [0.15, 0.2) is 0 Å². The van der Waals surface area contributed by atoms with Crippen LogP contribution in [0.3, 0.4) is 0 Å². The molecule has 1 unspecified atom stereocenters. The van der Waals surface area contributed by atoms with Crippen LogP contribution in [0.5, 0.6) is 0 Å². The van der Waals surface area contributed by atoms with Gasteiger partial charge in [-0.3, -0.25) is 9.69 Å². The van der Waals surface area contributed by atoms with Gasteiger partial charge in [-0.05, 0) is 32.3 Å². The second-order valence-corrected chi connectivity index (χ2v) is 7.56. The number of urea groups is 1. The number of hydrogen-bond donors (Lipinski definition) is 3. The molecule has 1 aromatic carbocycles. The number of hydrogen-bond acceptors (Lipinski definition) is 4. The number of carboxylic acid groups (broad SMARTS) is 1. The summed E-state index contributed by atoms with van der Waals surface area (Å²) in [4.78, 5) is 25.6. The molecule has 0 saturated carbocycles. The van der Waals surface area contributed by atoms with Gasteiger partial charge in [0, 0.05) is 37.6 Å². The monoisotopic (exact) mass is 377 g/mol. The highest BCUT2D eigenvalue weighted by Crippen LogP contribution is 2.15. The van der Waals surface area contributed by atoms with Crippen LogP contribution < -0.4 is 10.6 Å². The maximum Gasteiger partial charge on any atom is 0.315 e. The van der Waals surface area contributed by atoms with Gasteiger partial charge in [-0.1, -0.05) is 30.3 Å². The number of nitrogens with one attached hydrogen (secondary N) is 2. The van der Waals surface area contributed by atoms with Gasteiger partial charge in [-0.15, -0.1) is 0 Å². The van der Waals surface area contributed by atoms with Crippen LogP contribution in [0.15, 0.2) is 30.3 Å². The molecule has 0 spiro atoms. The third-order valence-corrected chi connectivity index (χ3v) is 4.92. The van der Waals surface area contributed by atoms with Crippen LogP contribution in [0.25, 0.3) is 0 Å². The maximum absolute atomic E-state index is 12.4. The summed E-state index contributed by atoms with van der Waals surface area (Å²) in [5.41, 5.74) is 0.902. The molecule has 3 N–H and O–H groups in total. The number of carbonyl (C=O) groups is 2. The van der Waals surface area contributed by atoms with Gasteiger partial charge >= 0.3 is 12.0 Å². The molecule has 2 rings (SSSR count). The fraction of sp³-hybridized carbons (Fsp3) is 0.600. The summed E-state index contributed by atoms with van der Waals surface area (Å²) >= 11 is 0. The first-order valence-electron chi connectivity index (χ1n) is 9.50. The lowest BCUT2D eigenvalue weighted by Gasteiger charge is -2.40. The van der Waals surface area contributed by atoms with Crippen LogP contribution in [0.2, 0.25) is 0 Å². The van der Waals surface area contributed by atoms with E-state index in [9.17, 15) is 9.59 Å². The lowest BCUT2D eigenvalue weighted by atomic mass is 10.0. The van der Waals surface area contributed by atoms with Crippen molar-refractivity contribution in [3.05, 3.63) is 35.9 Å². The standard InChI is InChI=1S/C20H31N3O4/c1-20(2,23-10-12-27-13-11-23)15-21-19(26)22-17(8-9-18(24)25)14-16-6-4-3-5-7-16/h3-7,17H,8-15H2,1-2H3,(H,24,25)(H2,21,22,26). The quantitative estimate of drug-likeness (QED) is 0.611. The van der Waals surface area contributed by atoms with Crippen molar-refractivity contribution in [1.82, 2.24) is 15.5 Å². The van der Waals surface area contributed by atoms with Crippen LogP contribution >= 0.6 is 0 Å². The van der Waals surface area contributed by atoms with Crippen LogP contribution in [0.4, 0.5) is 4.79 Å². The molecule has 0 radical (unpaired) electrons. The second kappa shape index (κ2) is 10.3. The number of aliphatic carboxylic acids is 1. The third-order valence-electron chi connectivity index (χ3n) is 4.92. The lowest BCUT2D eigenvalue weighted by molar-refractivity contribution is -0.137. The van der Waals surface area contributed by atoms with E-state index < -0.39 is 5.97 Å². The molecule has 1 aromatic rings. The third kappa shape index (κ3) is 7.56. The first-order chi connectivity index (χ1) is 12.9. The molecule has 2 amide bonds. The summed E-state index contributed by atoms with van der Waals surface area (Å²) in [7, 11) is 0.